The Labute approximate surface area is 125 Å². The quantitative estimate of drug-likeness (QED) is 0.693. The highest BCUT2D eigenvalue weighted by Crippen LogP contribution is 2.44. The van der Waals surface area contributed by atoms with E-state index in [1.54, 1.807) is 0 Å². The van der Waals surface area contributed by atoms with Crippen LogP contribution in [0.4, 0.5) is 0 Å². The van der Waals surface area contributed by atoms with Gasteiger partial charge in [-0.2, -0.15) is 0 Å². The van der Waals surface area contributed by atoms with E-state index in [9.17, 15) is 0 Å². The number of hydrogen-bond acceptors (Lipinski definition) is 3. The van der Waals surface area contributed by atoms with Crippen molar-refractivity contribution in [3.63, 3.8) is 0 Å². The van der Waals surface area contributed by atoms with Gasteiger partial charge in [0.05, 0.1) is 0 Å². The average Bonchev–Trinajstić information content (AvgIpc) is 2.49. The zero-order valence-electron chi connectivity index (χ0n) is 13.5. The molecule has 0 aromatic rings. The topological polar surface area (TPSA) is 24.5 Å². The Hall–Kier alpha value is -0.120. The van der Waals surface area contributed by atoms with Gasteiger partial charge in [0.25, 0.3) is 0 Å². The number of piperidine rings is 1. The lowest BCUT2D eigenvalue weighted by molar-refractivity contribution is 0.0682. The third-order valence-corrected chi connectivity index (χ3v) is 5.28. The number of likely N-dealkylation sites (tertiary alicyclic amines) is 1. The highest BCUT2D eigenvalue weighted by atomic mass is 16.5. The zero-order valence-corrected chi connectivity index (χ0v) is 13.5. The monoisotopic (exact) mass is 282 g/mol. The molecule has 0 aromatic heterocycles. The first-order valence-corrected chi connectivity index (χ1v) is 8.85. The summed E-state index contributed by atoms with van der Waals surface area (Å²) in [7, 11) is 0. The Morgan fingerprint density at radius 1 is 1.00 bits per heavy atom. The number of rotatable bonds is 8. The summed E-state index contributed by atoms with van der Waals surface area (Å²) in [5.41, 5.74) is 0.750. The van der Waals surface area contributed by atoms with Crippen LogP contribution in [-0.2, 0) is 4.74 Å². The second-order valence-electron chi connectivity index (χ2n) is 6.70. The van der Waals surface area contributed by atoms with Crippen molar-refractivity contribution in [2.75, 3.05) is 45.9 Å². The van der Waals surface area contributed by atoms with E-state index >= 15 is 0 Å². The minimum absolute atomic E-state index is 0.750. The molecule has 1 saturated heterocycles. The Kier molecular flexibility index (Phi) is 7.32. The molecule has 3 heteroatoms. The van der Waals surface area contributed by atoms with Gasteiger partial charge in [0, 0.05) is 26.3 Å². The molecule has 2 aliphatic rings. The normalized spacial score (nSPS) is 23.2. The molecule has 1 heterocycles. The van der Waals surface area contributed by atoms with Gasteiger partial charge in [-0.05, 0) is 64.1 Å². The van der Waals surface area contributed by atoms with Crippen LogP contribution < -0.4 is 5.32 Å². The third kappa shape index (κ3) is 5.34. The van der Waals surface area contributed by atoms with Crippen LogP contribution in [0, 0.1) is 5.41 Å². The van der Waals surface area contributed by atoms with Gasteiger partial charge in [0.15, 0.2) is 0 Å². The van der Waals surface area contributed by atoms with Crippen LogP contribution in [0.25, 0.3) is 0 Å². The maximum atomic E-state index is 5.34. The molecule has 2 rings (SSSR count). The van der Waals surface area contributed by atoms with E-state index in [1.807, 2.05) is 0 Å². The summed E-state index contributed by atoms with van der Waals surface area (Å²) in [6.07, 6.45) is 11.5. The highest BCUT2D eigenvalue weighted by molar-refractivity contribution is 4.88. The maximum Gasteiger partial charge on any atom is 0.0477 e. The van der Waals surface area contributed by atoms with Gasteiger partial charge < -0.3 is 15.0 Å². The molecule has 0 atom stereocenters. The highest BCUT2D eigenvalue weighted by Gasteiger charge is 2.35. The molecule has 3 nitrogen and oxygen atoms in total. The van der Waals surface area contributed by atoms with E-state index in [0.717, 1.165) is 38.1 Å². The summed E-state index contributed by atoms with van der Waals surface area (Å²) in [5, 5.41) is 3.54. The van der Waals surface area contributed by atoms with E-state index in [4.69, 9.17) is 4.74 Å². The number of ether oxygens (including phenoxy) is 1. The van der Waals surface area contributed by atoms with Crippen LogP contribution in [0.2, 0.25) is 0 Å². The summed E-state index contributed by atoms with van der Waals surface area (Å²) in [6.45, 7) is 9.93. The first-order valence-electron chi connectivity index (χ1n) is 8.85. The minimum Gasteiger partial charge on any atom is -0.382 e. The van der Waals surface area contributed by atoms with Crippen molar-refractivity contribution in [2.45, 2.75) is 58.3 Å². The smallest absolute Gasteiger partial charge is 0.0477 e. The Morgan fingerprint density at radius 2 is 1.75 bits per heavy atom. The summed E-state index contributed by atoms with van der Waals surface area (Å²) >= 11 is 0. The van der Waals surface area contributed by atoms with E-state index in [2.05, 4.69) is 17.1 Å². The second kappa shape index (κ2) is 9.01. The van der Waals surface area contributed by atoms with E-state index in [-0.39, 0.29) is 0 Å². The molecule has 1 aliphatic heterocycles. The molecule has 0 aromatic carbocycles. The van der Waals surface area contributed by atoms with Gasteiger partial charge in [-0.1, -0.05) is 19.3 Å². The van der Waals surface area contributed by atoms with Gasteiger partial charge in [0.2, 0.25) is 0 Å². The van der Waals surface area contributed by atoms with Crippen LogP contribution in [0.3, 0.4) is 0 Å². The molecular weight excluding hydrogens is 248 g/mol. The van der Waals surface area contributed by atoms with Gasteiger partial charge in [0.1, 0.15) is 0 Å². The first-order chi connectivity index (χ1) is 9.85. The molecule has 1 spiro atoms. The lowest BCUT2D eigenvalue weighted by Gasteiger charge is -2.44. The van der Waals surface area contributed by atoms with Gasteiger partial charge >= 0.3 is 0 Å². The number of hydrogen-bond donors (Lipinski definition) is 1. The van der Waals surface area contributed by atoms with Crippen molar-refractivity contribution >= 4 is 0 Å². The van der Waals surface area contributed by atoms with Crippen LogP contribution in [-0.4, -0.2) is 50.8 Å². The summed E-state index contributed by atoms with van der Waals surface area (Å²) in [5.74, 6) is 0. The molecule has 20 heavy (non-hydrogen) atoms. The number of nitrogens with one attached hydrogen (secondary N) is 1. The fourth-order valence-electron chi connectivity index (χ4n) is 3.86. The minimum atomic E-state index is 0.750. The molecule has 0 radical (unpaired) electrons. The summed E-state index contributed by atoms with van der Waals surface area (Å²) in [4.78, 5) is 2.66. The van der Waals surface area contributed by atoms with Crippen LogP contribution in [0.5, 0.6) is 0 Å². The van der Waals surface area contributed by atoms with Crippen molar-refractivity contribution in [2.24, 2.45) is 5.41 Å². The Bertz CT molecular complexity index is 241. The maximum absolute atomic E-state index is 5.34. The largest absolute Gasteiger partial charge is 0.382 e. The van der Waals surface area contributed by atoms with E-state index in [1.165, 1.54) is 64.6 Å². The standard InChI is InChI=1S/C17H34N2O/c1-2-20-16-6-11-18-12-15-19-13-9-17(10-14-19)7-4-3-5-8-17/h18H,2-16H2,1H3. The zero-order chi connectivity index (χ0) is 14.1. The van der Waals surface area contributed by atoms with E-state index < -0.39 is 0 Å². The van der Waals surface area contributed by atoms with Crippen molar-refractivity contribution in [1.29, 1.82) is 0 Å². The molecule has 1 N–H and O–H groups in total. The molecule has 0 amide bonds. The third-order valence-electron chi connectivity index (χ3n) is 5.28. The molecule has 2 fully saturated rings. The Balaban J connectivity index is 1.49. The first kappa shape index (κ1) is 16.3. The second-order valence-corrected chi connectivity index (χ2v) is 6.70. The molecular formula is C17H34N2O. The van der Waals surface area contributed by atoms with Crippen LogP contribution in [0.1, 0.15) is 58.3 Å². The summed E-state index contributed by atoms with van der Waals surface area (Å²) in [6, 6.07) is 0. The molecule has 1 saturated carbocycles. The fraction of sp³-hybridized carbons (Fsp3) is 1.00. The van der Waals surface area contributed by atoms with E-state index in [0.29, 0.717) is 0 Å². The lowest BCUT2D eigenvalue weighted by Crippen LogP contribution is -2.43. The fourth-order valence-corrected chi connectivity index (χ4v) is 3.86. The average molecular weight is 282 g/mol. The predicted molar refractivity (Wildman–Crippen MR) is 85.2 cm³/mol. The van der Waals surface area contributed by atoms with Crippen molar-refractivity contribution in [3.05, 3.63) is 0 Å². The van der Waals surface area contributed by atoms with Crippen molar-refractivity contribution in [3.8, 4) is 0 Å². The SMILES string of the molecule is CCOCCCNCCN1CCC2(CCCCC2)CC1. The van der Waals surface area contributed by atoms with Crippen molar-refractivity contribution in [1.82, 2.24) is 10.2 Å². The predicted octanol–water partition coefficient (Wildman–Crippen LogP) is 3.05. The molecule has 1 aliphatic carbocycles. The van der Waals surface area contributed by atoms with Crippen LogP contribution >= 0.6 is 0 Å². The molecule has 0 bridgehead atoms. The van der Waals surface area contributed by atoms with Gasteiger partial charge in [-0.3, -0.25) is 0 Å². The summed E-state index contributed by atoms with van der Waals surface area (Å²) < 4.78 is 5.34. The van der Waals surface area contributed by atoms with Crippen LogP contribution in [0.15, 0.2) is 0 Å². The number of nitrogens with zero attached hydrogens (tertiary/aromatic N) is 1. The van der Waals surface area contributed by atoms with Gasteiger partial charge in [-0.25, -0.2) is 0 Å². The Morgan fingerprint density at radius 3 is 2.45 bits per heavy atom. The van der Waals surface area contributed by atoms with Crippen molar-refractivity contribution < 1.29 is 4.74 Å². The molecule has 118 valence electrons. The molecule has 0 unspecified atom stereocenters. The lowest BCUT2D eigenvalue weighted by atomic mass is 9.68. The van der Waals surface area contributed by atoms with Gasteiger partial charge in [-0.15, -0.1) is 0 Å².